The van der Waals surface area contributed by atoms with Crippen LogP contribution in [-0.4, -0.2) is 18.9 Å². The number of hydrogen-bond acceptors (Lipinski definition) is 4. The van der Waals surface area contributed by atoms with Gasteiger partial charge in [0.15, 0.2) is 5.78 Å². The molecule has 0 bridgehead atoms. The number of Topliss-reactive ketones (excluding diaryl/α,β-unsaturated/α-hetero) is 1. The monoisotopic (exact) mass is 430 g/mol. The zero-order valence-corrected chi connectivity index (χ0v) is 19.0. The summed E-state index contributed by atoms with van der Waals surface area (Å²) in [5.41, 5.74) is 4.46. The minimum absolute atomic E-state index is 0.255. The number of carbonyl (C=O) groups excluding carboxylic acids is 2. The molecule has 32 heavy (non-hydrogen) atoms. The third-order valence-electron chi connectivity index (χ3n) is 8.06. The number of allylic oxidation sites excluding steroid dienone is 1. The Balaban J connectivity index is 1.42. The molecule has 3 aliphatic carbocycles. The molecule has 2 aromatic rings. The maximum absolute atomic E-state index is 13.5. The van der Waals surface area contributed by atoms with Gasteiger partial charge < -0.3 is 9.47 Å². The lowest BCUT2D eigenvalue weighted by Crippen LogP contribution is -2.42. The summed E-state index contributed by atoms with van der Waals surface area (Å²) in [6, 6.07) is 14.0. The smallest absolute Gasteiger partial charge is 0.308 e. The molecule has 4 unspecified atom stereocenters. The lowest BCUT2D eigenvalue weighted by molar-refractivity contribution is -0.132. The molecule has 2 saturated carbocycles. The van der Waals surface area contributed by atoms with E-state index in [1.807, 2.05) is 36.4 Å². The minimum atomic E-state index is -0.285. The van der Waals surface area contributed by atoms with Crippen molar-refractivity contribution in [1.82, 2.24) is 0 Å². The molecule has 0 saturated heterocycles. The van der Waals surface area contributed by atoms with Gasteiger partial charge in [0.2, 0.25) is 0 Å². The number of ketones is 1. The van der Waals surface area contributed by atoms with Gasteiger partial charge in [-0.15, -0.1) is 0 Å². The van der Waals surface area contributed by atoms with E-state index in [4.69, 9.17) is 9.47 Å². The summed E-state index contributed by atoms with van der Waals surface area (Å²) in [5, 5.41) is 0. The molecule has 2 aromatic carbocycles. The van der Waals surface area contributed by atoms with Crippen LogP contribution < -0.4 is 9.47 Å². The quantitative estimate of drug-likeness (QED) is 0.354. The fourth-order valence-electron chi connectivity index (χ4n) is 6.49. The van der Waals surface area contributed by atoms with E-state index in [0.29, 0.717) is 29.3 Å². The highest BCUT2D eigenvalue weighted by Gasteiger charge is 2.56. The third-order valence-corrected chi connectivity index (χ3v) is 8.06. The van der Waals surface area contributed by atoms with Gasteiger partial charge in [0.25, 0.3) is 0 Å². The molecule has 0 heterocycles. The number of hydrogen-bond donors (Lipinski definition) is 0. The lowest BCUT2D eigenvalue weighted by Gasteiger charge is -2.48. The number of benzene rings is 2. The van der Waals surface area contributed by atoms with E-state index < -0.39 is 0 Å². The second-order valence-corrected chi connectivity index (χ2v) is 9.80. The summed E-state index contributed by atoms with van der Waals surface area (Å²) in [5.74, 6) is 2.91. The predicted octanol–water partition coefficient (Wildman–Crippen LogP) is 5.74. The van der Waals surface area contributed by atoms with E-state index in [9.17, 15) is 9.59 Å². The summed E-state index contributed by atoms with van der Waals surface area (Å²) >= 11 is 0. The minimum Gasteiger partial charge on any atom is -0.497 e. The Hall–Kier alpha value is -2.88. The summed E-state index contributed by atoms with van der Waals surface area (Å²) < 4.78 is 10.6. The SMILES string of the molecule is COc1ccc(C=C2CC3C4CCc5cc(OC(C)=O)ccc5C4CCC3(C)C2=O)cc1. The number of esters is 1. The normalized spacial score (nSPS) is 29.8. The summed E-state index contributed by atoms with van der Waals surface area (Å²) in [6.07, 6.45) is 6.99. The molecule has 0 aromatic heterocycles. The number of ether oxygens (including phenoxy) is 2. The van der Waals surface area contributed by atoms with Crippen molar-refractivity contribution in [3.63, 3.8) is 0 Å². The molecule has 4 nitrogen and oxygen atoms in total. The van der Waals surface area contributed by atoms with Crippen LogP contribution >= 0.6 is 0 Å². The van der Waals surface area contributed by atoms with Crippen molar-refractivity contribution in [2.45, 2.75) is 51.9 Å². The molecule has 0 N–H and O–H groups in total. The Bertz CT molecular complexity index is 1100. The van der Waals surface area contributed by atoms with Gasteiger partial charge in [0.05, 0.1) is 7.11 Å². The Kier molecular flexibility index (Phi) is 5.19. The average molecular weight is 431 g/mol. The first-order valence-corrected chi connectivity index (χ1v) is 11.6. The van der Waals surface area contributed by atoms with E-state index in [-0.39, 0.29) is 11.4 Å². The van der Waals surface area contributed by atoms with Crippen LogP contribution in [0.4, 0.5) is 0 Å². The van der Waals surface area contributed by atoms with Gasteiger partial charge in [0.1, 0.15) is 11.5 Å². The van der Waals surface area contributed by atoms with Crippen molar-refractivity contribution in [3.8, 4) is 11.5 Å². The molecule has 5 rings (SSSR count). The predicted molar refractivity (Wildman–Crippen MR) is 124 cm³/mol. The molecule has 3 aliphatic rings. The Morgan fingerprint density at radius 1 is 1.09 bits per heavy atom. The summed E-state index contributed by atoms with van der Waals surface area (Å²) in [7, 11) is 1.66. The molecule has 0 amide bonds. The van der Waals surface area contributed by atoms with Crippen molar-refractivity contribution in [2.75, 3.05) is 7.11 Å². The van der Waals surface area contributed by atoms with Crippen molar-refractivity contribution < 1.29 is 19.1 Å². The average Bonchev–Trinajstić information content (AvgIpc) is 3.04. The third kappa shape index (κ3) is 3.46. The summed E-state index contributed by atoms with van der Waals surface area (Å²) in [4.78, 5) is 24.8. The fourth-order valence-corrected chi connectivity index (χ4v) is 6.49. The van der Waals surface area contributed by atoms with Crippen molar-refractivity contribution >= 4 is 17.8 Å². The summed E-state index contributed by atoms with van der Waals surface area (Å²) in [6.45, 7) is 3.63. The van der Waals surface area contributed by atoms with Crippen LogP contribution in [0.1, 0.15) is 62.1 Å². The van der Waals surface area contributed by atoms with E-state index in [0.717, 1.165) is 49.0 Å². The molecule has 0 spiro atoms. The van der Waals surface area contributed by atoms with Gasteiger partial charge in [-0.3, -0.25) is 9.59 Å². The van der Waals surface area contributed by atoms with Gasteiger partial charge in [-0.1, -0.05) is 25.1 Å². The Morgan fingerprint density at radius 2 is 1.84 bits per heavy atom. The molecule has 166 valence electrons. The van der Waals surface area contributed by atoms with Crippen LogP contribution in [0, 0.1) is 17.3 Å². The van der Waals surface area contributed by atoms with E-state index in [2.05, 4.69) is 19.1 Å². The first-order valence-electron chi connectivity index (χ1n) is 11.6. The van der Waals surface area contributed by atoms with Gasteiger partial charge >= 0.3 is 5.97 Å². The van der Waals surface area contributed by atoms with Crippen LogP contribution in [0.15, 0.2) is 48.0 Å². The van der Waals surface area contributed by atoms with Crippen LogP contribution in [-0.2, 0) is 16.0 Å². The maximum atomic E-state index is 13.5. The Labute approximate surface area is 189 Å². The number of methoxy groups -OCH3 is 1. The highest BCUT2D eigenvalue weighted by atomic mass is 16.5. The first kappa shape index (κ1) is 21.0. The van der Waals surface area contributed by atoms with Crippen LogP contribution in [0.5, 0.6) is 11.5 Å². The van der Waals surface area contributed by atoms with Gasteiger partial charge in [0, 0.05) is 12.3 Å². The van der Waals surface area contributed by atoms with Crippen molar-refractivity contribution in [2.24, 2.45) is 17.3 Å². The van der Waals surface area contributed by atoms with Crippen LogP contribution in [0.3, 0.4) is 0 Å². The molecule has 0 aliphatic heterocycles. The van der Waals surface area contributed by atoms with E-state index >= 15 is 0 Å². The number of carbonyl (C=O) groups is 2. The van der Waals surface area contributed by atoms with Crippen LogP contribution in [0.25, 0.3) is 6.08 Å². The van der Waals surface area contributed by atoms with Gasteiger partial charge in [-0.25, -0.2) is 0 Å². The van der Waals surface area contributed by atoms with Gasteiger partial charge in [-0.05, 0) is 102 Å². The standard InChI is InChI=1S/C28H30O4/c1-17(29)32-22-9-11-23-19(15-22)6-10-25-24(23)12-13-28(2)26(25)16-20(27(28)30)14-18-4-7-21(31-3)8-5-18/h4-5,7-9,11,14-15,24-26H,6,10,12-13,16H2,1-3H3. The van der Waals surface area contributed by atoms with E-state index in [1.54, 1.807) is 7.11 Å². The van der Waals surface area contributed by atoms with Crippen LogP contribution in [0.2, 0.25) is 0 Å². The zero-order valence-electron chi connectivity index (χ0n) is 19.0. The highest BCUT2D eigenvalue weighted by Crippen LogP contribution is 2.60. The molecular formula is C28H30O4. The second-order valence-electron chi connectivity index (χ2n) is 9.80. The number of rotatable bonds is 3. The molecular weight excluding hydrogens is 400 g/mol. The molecule has 4 atom stereocenters. The molecule has 2 fully saturated rings. The highest BCUT2D eigenvalue weighted by molar-refractivity contribution is 6.06. The largest absolute Gasteiger partial charge is 0.497 e. The van der Waals surface area contributed by atoms with Gasteiger partial charge in [-0.2, -0.15) is 0 Å². The maximum Gasteiger partial charge on any atom is 0.308 e. The molecule has 4 heteroatoms. The lowest BCUT2D eigenvalue weighted by atomic mass is 9.55. The Morgan fingerprint density at radius 3 is 2.56 bits per heavy atom. The topological polar surface area (TPSA) is 52.6 Å². The number of fused-ring (bicyclic) bond motifs is 5. The second kappa shape index (κ2) is 7.91. The molecule has 0 radical (unpaired) electrons. The zero-order chi connectivity index (χ0) is 22.5. The fraction of sp³-hybridized carbons (Fsp3) is 0.429. The van der Waals surface area contributed by atoms with E-state index in [1.165, 1.54) is 18.1 Å². The first-order chi connectivity index (χ1) is 15.4. The van der Waals surface area contributed by atoms with Crippen molar-refractivity contribution in [1.29, 1.82) is 0 Å². The van der Waals surface area contributed by atoms with Crippen molar-refractivity contribution in [3.05, 3.63) is 64.7 Å². The number of aryl methyl sites for hydroxylation is 1.